The van der Waals surface area contributed by atoms with Crippen LogP contribution in [0.2, 0.25) is 0 Å². The van der Waals surface area contributed by atoms with Gasteiger partial charge >= 0.3 is 5.97 Å². The second-order valence-electron chi connectivity index (χ2n) is 7.73. The van der Waals surface area contributed by atoms with Crippen LogP contribution in [0.25, 0.3) is 11.8 Å². The lowest BCUT2D eigenvalue weighted by atomic mass is 10.2. The molecule has 8 heteroatoms. The Hall–Kier alpha value is -2.87. The van der Waals surface area contributed by atoms with Gasteiger partial charge in [-0.15, -0.1) is 0 Å². The maximum absolute atomic E-state index is 12.7. The lowest BCUT2D eigenvalue weighted by molar-refractivity contribution is -0.156. The van der Waals surface area contributed by atoms with Crippen LogP contribution in [-0.2, 0) is 14.3 Å². The molecule has 29 heavy (non-hydrogen) atoms. The molecular weight excluding hydrogens is 390 g/mol. The normalized spacial score (nSPS) is 16.0. The number of ether oxygens (including phenoxy) is 1. The Morgan fingerprint density at radius 1 is 1.28 bits per heavy atom. The van der Waals surface area contributed by atoms with Crippen LogP contribution in [-0.4, -0.2) is 43.7 Å². The molecule has 0 unspecified atom stereocenters. The van der Waals surface area contributed by atoms with Crippen molar-refractivity contribution in [1.82, 2.24) is 14.5 Å². The summed E-state index contributed by atoms with van der Waals surface area (Å²) in [5, 5.41) is -0.479. The number of hydrogen-bond acceptors (Lipinski definition) is 6. The molecular formula is C21H23N3O4S. The van der Waals surface area contributed by atoms with E-state index in [9.17, 15) is 14.4 Å². The molecule has 2 aromatic heterocycles. The molecule has 1 saturated heterocycles. The molecule has 1 fully saturated rings. The van der Waals surface area contributed by atoms with Gasteiger partial charge in [0.1, 0.15) is 12.1 Å². The smallest absolute Gasteiger partial charge is 0.326 e. The zero-order valence-corrected chi connectivity index (χ0v) is 17.9. The quantitative estimate of drug-likeness (QED) is 0.559. The van der Waals surface area contributed by atoms with Gasteiger partial charge in [-0.3, -0.25) is 24.3 Å². The minimum atomic E-state index is -0.682. The van der Waals surface area contributed by atoms with Crippen molar-refractivity contribution in [2.45, 2.75) is 40.2 Å². The van der Waals surface area contributed by atoms with Gasteiger partial charge in [-0.1, -0.05) is 0 Å². The molecule has 152 valence electrons. The van der Waals surface area contributed by atoms with Gasteiger partial charge in [0.25, 0.3) is 11.1 Å². The summed E-state index contributed by atoms with van der Waals surface area (Å²) in [5.74, 6) is -1.10. The van der Waals surface area contributed by atoms with Gasteiger partial charge in [-0.05, 0) is 76.2 Å². The van der Waals surface area contributed by atoms with Gasteiger partial charge < -0.3 is 9.30 Å². The average Bonchev–Trinajstić information content (AvgIpc) is 3.04. The lowest BCUT2D eigenvalue weighted by Gasteiger charge is -2.21. The third-order valence-corrected chi connectivity index (χ3v) is 5.15. The van der Waals surface area contributed by atoms with Crippen molar-refractivity contribution in [2.75, 3.05) is 6.54 Å². The minimum Gasteiger partial charge on any atom is -0.459 e. The second kappa shape index (κ2) is 7.87. The van der Waals surface area contributed by atoms with Crippen LogP contribution < -0.4 is 0 Å². The van der Waals surface area contributed by atoms with Crippen LogP contribution in [0.3, 0.4) is 0 Å². The Balaban J connectivity index is 1.84. The summed E-state index contributed by atoms with van der Waals surface area (Å²) in [6.07, 6.45) is 5.16. The Labute approximate surface area is 173 Å². The molecule has 0 N–H and O–H groups in total. The van der Waals surface area contributed by atoms with E-state index in [1.165, 1.54) is 0 Å². The molecule has 2 aromatic rings. The molecule has 0 bridgehead atoms. The summed E-state index contributed by atoms with van der Waals surface area (Å²) in [6.45, 7) is 8.71. The zero-order valence-electron chi connectivity index (χ0n) is 17.1. The van der Waals surface area contributed by atoms with E-state index in [1.807, 2.05) is 36.6 Å². The third-order valence-electron chi connectivity index (χ3n) is 4.24. The summed E-state index contributed by atoms with van der Waals surface area (Å²) >= 11 is 0.825. The SMILES string of the molecule is Cc1cc(C=C2SC(=O)N(CC(=O)OC(C)(C)C)C2=O)c(C)n1-c1cccnc1. The Bertz CT molecular complexity index is 1000. The molecule has 0 aromatic carbocycles. The van der Waals surface area contributed by atoms with Crippen LogP contribution in [0.1, 0.15) is 37.7 Å². The first-order valence-corrected chi connectivity index (χ1v) is 9.95. The van der Waals surface area contributed by atoms with E-state index < -0.39 is 29.3 Å². The fourth-order valence-corrected chi connectivity index (χ4v) is 3.93. The summed E-state index contributed by atoms with van der Waals surface area (Å²) in [4.78, 5) is 42.3. The Morgan fingerprint density at radius 3 is 2.62 bits per heavy atom. The van der Waals surface area contributed by atoms with Crippen LogP contribution in [0.15, 0.2) is 35.5 Å². The highest BCUT2D eigenvalue weighted by Crippen LogP contribution is 2.33. The monoisotopic (exact) mass is 413 g/mol. The third kappa shape index (κ3) is 4.59. The molecule has 1 aliphatic rings. The number of carbonyl (C=O) groups is 3. The van der Waals surface area contributed by atoms with E-state index in [2.05, 4.69) is 4.98 Å². The first kappa shape index (κ1) is 20.9. The van der Waals surface area contributed by atoms with E-state index in [0.717, 1.165) is 39.3 Å². The standard InChI is InChI=1S/C21H23N3O4S/c1-13-9-15(14(2)24(13)16-7-6-8-22-11-16)10-17-19(26)23(20(27)29-17)12-18(25)28-21(3,4)5/h6-11H,12H2,1-5H3. The summed E-state index contributed by atoms with van der Waals surface area (Å²) < 4.78 is 7.25. The van der Waals surface area contributed by atoms with Crippen molar-refractivity contribution < 1.29 is 19.1 Å². The fraction of sp³-hybridized carbons (Fsp3) is 0.333. The van der Waals surface area contributed by atoms with Crippen molar-refractivity contribution in [1.29, 1.82) is 0 Å². The summed E-state index contributed by atoms with van der Waals surface area (Å²) in [7, 11) is 0. The van der Waals surface area contributed by atoms with Crippen LogP contribution in [0.5, 0.6) is 0 Å². The number of carbonyl (C=O) groups excluding carboxylic acids is 3. The predicted octanol–water partition coefficient (Wildman–Crippen LogP) is 3.87. The van der Waals surface area contributed by atoms with Crippen LogP contribution in [0, 0.1) is 13.8 Å². The molecule has 2 amide bonds. The van der Waals surface area contributed by atoms with Crippen molar-refractivity contribution in [3.05, 3.63) is 52.4 Å². The van der Waals surface area contributed by atoms with Gasteiger partial charge in [0.15, 0.2) is 0 Å². The number of amides is 2. The fourth-order valence-electron chi connectivity index (χ4n) is 3.10. The molecule has 3 heterocycles. The maximum atomic E-state index is 12.7. The first-order valence-electron chi connectivity index (χ1n) is 9.13. The van der Waals surface area contributed by atoms with Gasteiger partial charge in [-0.25, -0.2) is 0 Å². The van der Waals surface area contributed by atoms with E-state index in [4.69, 9.17) is 4.74 Å². The van der Waals surface area contributed by atoms with E-state index >= 15 is 0 Å². The Morgan fingerprint density at radius 2 is 2.00 bits per heavy atom. The van der Waals surface area contributed by atoms with Crippen LogP contribution in [0.4, 0.5) is 4.79 Å². The first-order chi connectivity index (χ1) is 13.6. The Kier molecular flexibility index (Phi) is 5.66. The van der Waals surface area contributed by atoms with E-state index in [0.29, 0.717) is 0 Å². The number of imide groups is 1. The van der Waals surface area contributed by atoms with Gasteiger partial charge in [0.2, 0.25) is 0 Å². The molecule has 0 radical (unpaired) electrons. The molecule has 0 spiro atoms. The molecule has 3 rings (SSSR count). The molecule has 1 aliphatic heterocycles. The zero-order chi connectivity index (χ0) is 21.3. The highest BCUT2D eigenvalue weighted by Gasteiger charge is 2.37. The summed E-state index contributed by atoms with van der Waals surface area (Å²) in [6, 6.07) is 5.76. The topological polar surface area (TPSA) is 81.5 Å². The van der Waals surface area contributed by atoms with Crippen molar-refractivity contribution >= 4 is 35.0 Å². The molecule has 7 nitrogen and oxygen atoms in total. The number of aromatic nitrogens is 2. The van der Waals surface area contributed by atoms with Crippen molar-refractivity contribution in [3.63, 3.8) is 0 Å². The highest BCUT2D eigenvalue weighted by atomic mass is 32.2. The van der Waals surface area contributed by atoms with Crippen molar-refractivity contribution in [3.8, 4) is 5.69 Å². The van der Waals surface area contributed by atoms with Gasteiger partial charge in [-0.2, -0.15) is 0 Å². The van der Waals surface area contributed by atoms with Crippen molar-refractivity contribution in [2.24, 2.45) is 0 Å². The number of pyridine rings is 1. The number of aryl methyl sites for hydroxylation is 1. The molecule has 0 saturated carbocycles. The van der Waals surface area contributed by atoms with Gasteiger partial charge in [0, 0.05) is 17.6 Å². The van der Waals surface area contributed by atoms with Gasteiger partial charge in [0.05, 0.1) is 16.8 Å². The largest absolute Gasteiger partial charge is 0.459 e. The maximum Gasteiger partial charge on any atom is 0.326 e. The number of rotatable bonds is 4. The molecule has 0 aliphatic carbocycles. The summed E-state index contributed by atoms with van der Waals surface area (Å²) in [5.41, 5.74) is 2.97. The minimum absolute atomic E-state index is 0.282. The lowest BCUT2D eigenvalue weighted by Crippen LogP contribution is -2.37. The highest BCUT2D eigenvalue weighted by molar-refractivity contribution is 8.18. The second-order valence-corrected chi connectivity index (χ2v) is 8.72. The van der Waals surface area contributed by atoms with E-state index in [-0.39, 0.29) is 4.91 Å². The molecule has 0 atom stereocenters. The van der Waals surface area contributed by atoms with Crippen LogP contribution >= 0.6 is 11.8 Å². The van der Waals surface area contributed by atoms with E-state index in [1.54, 1.807) is 39.2 Å². The predicted molar refractivity (Wildman–Crippen MR) is 112 cm³/mol. The average molecular weight is 413 g/mol. The number of nitrogens with zero attached hydrogens (tertiary/aromatic N) is 3. The number of hydrogen-bond donors (Lipinski definition) is 0. The number of esters is 1. The number of thioether (sulfide) groups is 1.